The van der Waals surface area contributed by atoms with Crippen LogP contribution in [0.3, 0.4) is 0 Å². The molecule has 0 spiro atoms. The summed E-state index contributed by atoms with van der Waals surface area (Å²) in [5.74, 6) is -0.817. The molecule has 1 aromatic heterocycles. The molecule has 1 aromatic carbocycles. The van der Waals surface area contributed by atoms with E-state index < -0.39 is 6.04 Å². The molecule has 23 heavy (non-hydrogen) atoms. The van der Waals surface area contributed by atoms with Crippen LogP contribution in [0.15, 0.2) is 29.1 Å². The zero-order valence-corrected chi connectivity index (χ0v) is 12.9. The first kappa shape index (κ1) is 14.1. The van der Waals surface area contributed by atoms with Crippen LogP contribution >= 0.6 is 11.3 Å². The zero-order valence-electron chi connectivity index (χ0n) is 12.1. The normalized spacial score (nSPS) is 20.6. The van der Waals surface area contributed by atoms with Gasteiger partial charge >= 0.3 is 0 Å². The van der Waals surface area contributed by atoms with E-state index in [0.717, 1.165) is 16.8 Å². The first-order chi connectivity index (χ1) is 11.1. The number of hydrogen-bond acceptors (Lipinski definition) is 5. The van der Waals surface area contributed by atoms with Gasteiger partial charge in [0.05, 0.1) is 11.2 Å². The van der Waals surface area contributed by atoms with Crippen molar-refractivity contribution >= 4 is 29.1 Å². The number of carbonyl (C=O) groups excluding carboxylic acids is 3. The Morgan fingerprint density at radius 2 is 2.13 bits per heavy atom. The van der Waals surface area contributed by atoms with Crippen LogP contribution in [-0.2, 0) is 16.1 Å². The Labute approximate surface area is 136 Å². The average molecular weight is 327 g/mol. The number of imide groups is 1. The van der Waals surface area contributed by atoms with Crippen LogP contribution in [0.4, 0.5) is 0 Å². The van der Waals surface area contributed by atoms with Gasteiger partial charge in [0.15, 0.2) is 0 Å². The summed E-state index contributed by atoms with van der Waals surface area (Å²) in [6.07, 6.45) is 0.643. The van der Waals surface area contributed by atoms with Gasteiger partial charge in [-0.1, -0.05) is 6.07 Å². The predicted octanol–water partition coefficient (Wildman–Crippen LogP) is 1.57. The molecule has 7 heteroatoms. The standard InChI is InChI=1S/C16H13N3O3S/c20-14-4-3-13(15(21)18-14)19-6-10-5-9(12-7-23-8-17-12)1-2-11(10)16(19)22/h1-2,5,7-8,13H,3-4,6H2,(H,18,20,21). The number of rotatable bonds is 2. The quantitative estimate of drug-likeness (QED) is 0.849. The van der Waals surface area contributed by atoms with Gasteiger partial charge in [0, 0.05) is 29.5 Å². The molecule has 116 valence electrons. The van der Waals surface area contributed by atoms with Crippen LogP contribution in [-0.4, -0.2) is 33.6 Å². The van der Waals surface area contributed by atoms with Gasteiger partial charge in [-0.3, -0.25) is 19.7 Å². The number of thiazole rings is 1. The molecule has 0 radical (unpaired) electrons. The van der Waals surface area contributed by atoms with E-state index in [1.807, 2.05) is 17.5 Å². The van der Waals surface area contributed by atoms with Crippen molar-refractivity contribution in [2.75, 3.05) is 0 Å². The molecule has 1 atom stereocenters. The Kier molecular flexibility index (Phi) is 3.23. The minimum Gasteiger partial charge on any atom is -0.322 e. The maximum Gasteiger partial charge on any atom is 0.255 e. The lowest BCUT2D eigenvalue weighted by atomic mass is 10.0. The van der Waals surface area contributed by atoms with Crippen LogP contribution in [0.2, 0.25) is 0 Å². The van der Waals surface area contributed by atoms with Crippen molar-refractivity contribution in [1.82, 2.24) is 15.2 Å². The van der Waals surface area contributed by atoms with Gasteiger partial charge in [0.25, 0.3) is 5.91 Å². The van der Waals surface area contributed by atoms with Crippen LogP contribution in [0.25, 0.3) is 11.3 Å². The van der Waals surface area contributed by atoms with E-state index in [-0.39, 0.29) is 24.1 Å². The molecule has 0 saturated carbocycles. The lowest BCUT2D eigenvalue weighted by molar-refractivity contribution is -0.136. The van der Waals surface area contributed by atoms with E-state index in [2.05, 4.69) is 10.3 Å². The smallest absolute Gasteiger partial charge is 0.255 e. The zero-order chi connectivity index (χ0) is 16.0. The lowest BCUT2D eigenvalue weighted by Crippen LogP contribution is -2.52. The molecule has 6 nitrogen and oxygen atoms in total. The summed E-state index contributed by atoms with van der Waals surface area (Å²) in [6, 6.07) is 5.04. The van der Waals surface area contributed by atoms with E-state index in [4.69, 9.17) is 0 Å². The van der Waals surface area contributed by atoms with Gasteiger partial charge < -0.3 is 4.90 Å². The third-order valence-electron chi connectivity index (χ3n) is 4.25. The molecule has 3 heterocycles. The van der Waals surface area contributed by atoms with Crippen LogP contribution in [0.5, 0.6) is 0 Å². The summed E-state index contributed by atoms with van der Waals surface area (Å²) >= 11 is 1.52. The fraction of sp³-hybridized carbons (Fsp3) is 0.250. The number of carbonyl (C=O) groups is 3. The Balaban J connectivity index is 1.63. The minimum atomic E-state index is -0.574. The molecule has 4 rings (SSSR count). The van der Waals surface area contributed by atoms with Crippen molar-refractivity contribution in [1.29, 1.82) is 0 Å². The SMILES string of the molecule is O=C1CCC(N2Cc3cc(-c4cscn4)ccc3C2=O)C(=O)N1. The molecule has 1 unspecified atom stereocenters. The largest absolute Gasteiger partial charge is 0.322 e. The summed E-state index contributed by atoms with van der Waals surface area (Å²) in [5, 5.41) is 4.26. The van der Waals surface area contributed by atoms with Crippen molar-refractivity contribution in [3.8, 4) is 11.3 Å². The third-order valence-corrected chi connectivity index (χ3v) is 4.84. The van der Waals surface area contributed by atoms with Crippen molar-refractivity contribution < 1.29 is 14.4 Å². The van der Waals surface area contributed by atoms with E-state index >= 15 is 0 Å². The predicted molar refractivity (Wildman–Crippen MR) is 83.6 cm³/mol. The molecule has 0 aliphatic carbocycles. The maximum atomic E-state index is 12.6. The highest BCUT2D eigenvalue weighted by Gasteiger charge is 2.39. The second-order valence-corrected chi connectivity index (χ2v) is 6.36. The van der Waals surface area contributed by atoms with Gasteiger partial charge in [-0.15, -0.1) is 11.3 Å². The third kappa shape index (κ3) is 2.33. The molecular weight excluding hydrogens is 314 g/mol. The van der Waals surface area contributed by atoms with Gasteiger partial charge in [0.1, 0.15) is 6.04 Å². The van der Waals surface area contributed by atoms with Gasteiger partial charge in [-0.05, 0) is 24.1 Å². The van der Waals surface area contributed by atoms with Crippen molar-refractivity contribution in [2.24, 2.45) is 0 Å². The second kappa shape index (κ2) is 5.27. The molecule has 0 bridgehead atoms. The number of fused-ring (bicyclic) bond motifs is 1. The topological polar surface area (TPSA) is 79.4 Å². The second-order valence-electron chi connectivity index (χ2n) is 5.65. The average Bonchev–Trinajstić information content (AvgIpc) is 3.16. The van der Waals surface area contributed by atoms with Crippen LogP contribution in [0, 0.1) is 0 Å². The molecule has 1 N–H and O–H groups in total. The Morgan fingerprint density at radius 3 is 2.87 bits per heavy atom. The van der Waals surface area contributed by atoms with Crippen molar-refractivity contribution in [2.45, 2.75) is 25.4 Å². The number of amides is 3. The molecular formula is C16H13N3O3S. The molecule has 2 aliphatic heterocycles. The number of nitrogens with one attached hydrogen (secondary N) is 1. The fourth-order valence-electron chi connectivity index (χ4n) is 3.09. The molecule has 1 fully saturated rings. The highest BCUT2D eigenvalue weighted by Crippen LogP contribution is 2.30. The Morgan fingerprint density at radius 1 is 1.26 bits per heavy atom. The number of benzene rings is 1. The molecule has 2 aromatic rings. The van der Waals surface area contributed by atoms with Crippen LogP contribution in [0.1, 0.15) is 28.8 Å². The van der Waals surface area contributed by atoms with Crippen LogP contribution < -0.4 is 5.32 Å². The Hall–Kier alpha value is -2.54. The van der Waals surface area contributed by atoms with E-state index in [9.17, 15) is 14.4 Å². The molecule has 3 amide bonds. The van der Waals surface area contributed by atoms with E-state index in [1.54, 1.807) is 16.5 Å². The summed E-state index contributed by atoms with van der Waals surface area (Å²) < 4.78 is 0. The fourth-order valence-corrected chi connectivity index (χ4v) is 3.65. The number of aromatic nitrogens is 1. The summed E-state index contributed by atoms with van der Waals surface area (Å²) in [5.41, 5.74) is 5.12. The van der Waals surface area contributed by atoms with Gasteiger partial charge in [0.2, 0.25) is 11.8 Å². The van der Waals surface area contributed by atoms with E-state index in [1.165, 1.54) is 11.3 Å². The lowest BCUT2D eigenvalue weighted by Gasteiger charge is -2.29. The minimum absolute atomic E-state index is 0.153. The number of hydrogen-bond donors (Lipinski definition) is 1. The maximum absolute atomic E-state index is 12.6. The number of nitrogens with zero attached hydrogens (tertiary/aromatic N) is 2. The van der Waals surface area contributed by atoms with Crippen molar-refractivity contribution in [3.63, 3.8) is 0 Å². The molecule has 1 saturated heterocycles. The number of piperidine rings is 1. The molecule has 2 aliphatic rings. The Bertz CT molecular complexity index is 816. The first-order valence-corrected chi connectivity index (χ1v) is 8.24. The first-order valence-electron chi connectivity index (χ1n) is 7.29. The van der Waals surface area contributed by atoms with Crippen molar-refractivity contribution in [3.05, 3.63) is 40.2 Å². The summed E-state index contributed by atoms with van der Waals surface area (Å²) in [7, 11) is 0. The highest BCUT2D eigenvalue weighted by molar-refractivity contribution is 7.07. The van der Waals surface area contributed by atoms with E-state index in [0.29, 0.717) is 18.5 Å². The van der Waals surface area contributed by atoms with Gasteiger partial charge in [-0.25, -0.2) is 4.98 Å². The highest BCUT2D eigenvalue weighted by atomic mass is 32.1. The summed E-state index contributed by atoms with van der Waals surface area (Å²) in [4.78, 5) is 41.7. The summed E-state index contributed by atoms with van der Waals surface area (Å²) in [6.45, 7) is 0.387. The monoisotopic (exact) mass is 327 g/mol. The van der Waals surface area contributed by atoms with Gasteiger partial charge in [-0.2, -0.15) is 0 Å².